The Labute approximate surface area is 85.7 Å². The van der Waals surface area contributed by atoms with Gasteiger partial charge in [0, 0.05) is 10.5 Å². The molecule has 0 aliphatic carbocycles. The van der Waals surface area contributed by atoms with Crippen LogP contribution in [0.2, 0.25) is 0 Å². The van der Waals surface area contributed by atoms with Crippen LogP contribution in [0.1, 0.15) is 10.4 Å². The molecule has 0 heterocycles. The summed E-state index contributed by atoms with van der Waals surface area (Å²) in [5.74, 6) is -0.161. The van der Waals surface area contributed by atoms with Gasteiger partial charge in [0.2, 0.25) is 0 Å². The van der Waals surface area contributed by atoms with Gasteiger partial charge in [-0.1, -0.05) is 5.11 Å². The number of phenols is 1. The number of aromatic hydroxyl groups is 1. The van der Waals surface area contributed by atoms with Crippen molar-refractivity contribution in [1.82, 2.24) is 0 Å². The molecule has 0 radical (unpaired) electrons. The molecule has 0 bridgehead atoms. The zero-order valence-corrected chi connectivity index (χ0v) is 8.04. The molecule has 0 atom stereocenters. The van der Waals surface area contributed by atoms with E-state index in [1.54, 1.807) is 0 Å². The Bertz CT molecular complexity index is 425. The minimum atomic E-state index is -0.328. The molecule has 78 valence electrons. The predicted octanol–water partition coefficient (Wildman–Crippen LogP) is 1.89. The van der Waals surface area contributed by atoms with E-state index in [0.717, 1.165) is 0 Å². The monoisotopic (exact) mass is 207 g/mol. The molecule has 1 rings (SSSR count). The van der Waals surface area contributed by atoms with Crippen LogP contribution < -0.4 is 4.74 Å². The second-order valence-electron chi connectivity index (χ2n) is 2.70. The molecule has 0 amide bonds. The van der Waals surface area contributed by atoms with E-state index < -0.39 is 0 Å². The first-order valence-corrected chi connectivity index (χ1v) is 4.10. The van der Waals surface area contributed by atoms with Crippen molar-refractivity contribution in [3.05, 3.63) is 34.2 Å². The average Bonchev–Trinajstić information content (AvgIpc) is 2.26. The third-order valence-electron chi connectivity index (χ3n) is 1.78. The van der Waals surface area contributed by atoms with Crippen LogP contribution in [-0.2, 0) is 0 Å². The predicted molar refractivity (Wildman–Crippen MR) is 53.0 cm³/mol. The minimum Gasteiger partial charge on any atom is -0.504 e. The number of nitrogens with zero attached hydrogens (tertiary/aromatic N) is 3. The molecule has 0 unspecified atom stereocenters. The molecule has 0 aliphatic rings. The van der Waals surface area contributed by atoms with E-state index in [1.165, 1.54) is 25.3 Å². The molecule has 0 fully saturated rings. The Balaban J connectivity index is 2.95. The molecular formula is C9H9N3O3. The van der Waals surface area contributed by atoms with Crippen molar-refractivity contribution >= 4 is 5.78 Å². The number of carbonyl (C=O) groups is 1. The van der Waals surface area contributed by atoms with Gasteiger partial charge in [-0.25, -0.2) is 0 Å². The number of ether oxygens (including phenoxy) is 1. The van der Waals surface area contributed by atoms with E-state index in [0.29, 0.717) is 5.56 Å². The van der Waals surface area contributed by atoms with Gasteiger partial charge >= 0.3 is 0 Å². The molecule has 1 aromatic carbocycles. The summed E-state index contributed by atoms with van der Waals surface area (Å²) in [7, 11) is 1.39. The van der Waals surface area contributed by atoms with Gasteiger partial charge < -0.3 is 9.84 Å². The second-order valence-corrected chi connectivity index (χ2v) is 2.70. The molecule has 0 spiro atoms. The fourth-order valence-corrected chi connectivity index (χ4v) is 1.04. The lowest BCUT2D eigenvalue weighted by Gasteiger charge is -2.04. The van der Waals surface area contributed by atoms with Crippen LogP contribution in [-0.4, -0.2) is 24.5 Å². The Hall–Kier alpha value is -2.20. The summed E-state index contributed by atoms with van der Waals surface area (Å²) < 4.78 is 4.83. The summed E-state index contributed by atoms with van der Waals surface area (Å²) in [5.41, 5.74) is 8.38. The lowest BCUT2D eigenvalue weighted by Crippen LogP contribution is -2.02. The summed E-state index contributed by atoms with van der Waals surface area (Å²) >= 11 is 0. The lowest BCUT2D eigenvalue weighted by molar-refractivity contribution is 0.100. The number of hydrogen-bond donors (Lipinski definition) is 1. The van der Waals surface area contributed by atoms with Crippen LogP contribution in [0.25, 0.3) is 10.4 Å². The van der Waals surface area contributed by atoms with Crippen molar-refractivity contribution in [1.29, 1.82) is 0 Å². The summed E-state index contributed by atoms with van der Waals surface area (Å²) in [6, 6.07) is 4.18. The molecule has 6 nitrogen and oxygen atoms in total. The lowest BCUT2D eigenvalue weighted by atomic mass is 10.1. The fraction of sp³-hybridized carbons (Fsp3) is 0.222. The Kier molecular flexibility index (Phi) is 3.54. The Morgan fingerprint density at radius 3 is 3.00 bits per heavy atom. The van der Waals surface area contributed by atoms with E-state index in [4.69, 9.17) is 10.3 Å². The molecular weight excluding hydrogens is 198 g/mol. The van der Waals surface area contributed by atoms with E-state index >= 15 is 0 Å². The molecule has 0 saturated carbocycles. The highest BCUT2D eigenvalue weighted by atomic mass is 16.5. The highest BCUT2D eigenvalue weighted by Gasteiger charge is 2.08. The Morgan fingerprint density at radius 1 is 1.67 bits per heavy atom. The summed E-state index contributed by atoms with van der Waals surface area (Å²) in [4.78, 5) is 13.9. The quantitative estimate of drug-likeness (QED) is 0.353. The van der Waals surface area contributed by atoms with Crippen molar-refractivity contribution in [2.24, 2.45) is 5.11 Å². The number of Topliss-reactive ketones (excluding diaryl/α,β-unsaturated/α-hetero) is 1. The first-order chi connectivity index (χ1) is 7.19. The molecule has 1 aromatic rings. The van der Waals surface area contributed by atoms with Gasteiger partial charge in [0.25, 0.3) is 0 Å². The standard InChI is InChI=1S/C9H9N3O3/c1-15-9-4-6(2-3-7(9)13)8(14)5-11-12-10/h2-4,13H,5H2,1H3. The van der Waals surface area contributed by atoms with Crippen molar-refractivity contribution < 1.29 is 14.6 Å². The van der Waals surface area contributed by atoms with Gasteiger partial charge in [0.1, 0.15) is 0 Å². The number of phenolic OH excluding ortho intramolecular Hbond substituents is 1. The van der Waals surface area contributed by atoms with Crippen LogP contribution in [0, 0.1) is 0 Å². The number of carbonyl (C=O) groups excluding carboxylic acids is 1. The third-order valence-corrected chi connectivity index (χ3v) is 1.78. The molecule has 0 aromatic heterocycles. The highest BCUT2D eigenvalue weighted by molar-refractivity contribution is 5.98. The number of azide groups is 1. The Morgan fingerprint density at radius 2 is 2.40 bits per heavy atom. The molecule has 6 heteroatoms. The van der Waals surface area contributed by atoms with E-state index in [-0.39, 0.29) is 23.8 Å². The number of hydrogen-bond acceptors (Lipinski definition) is 4. The smallest absolute Gasteiger partial charge is 0.168 e. The second kappa shape index (κ2) is 4.88. The van der Waals surface area contributed by atoms with Crippen molar-refractivity contribution in [3.63, 3.8) is 0 Å². The number of rotatable bonds is 4. The summed E-state index contributed by atoms with van der Waals surface area (Å²) in [5, 5.41) is 12.4. The summed E-state index contributed by atoms with van der Waals surface area (Å²) in [6.45, 7) is -0.246. The van der Waals surface area contributed by atoms with E-state index in [1.807, 2.05) is 0 Å². The van der Waals surface area contributed by atoms with Crippen molar-refractivity contribution in [3.8, 4) is 11.5 Å². The maximum Gasteiger partial charge on any atom is 0.168 e. The first kappa shape index (κ1) is 10.9. The zero-order chi connectivity index (χ0) is 11.3. The number of benzene rings is 1. The largest absolute Gasteiger partial charge is 0.504 e. The van der Waals surface area contributed by atoms with Gasteiger partial charge in [0.05, 0.1) is 13.7 Å². The SMILES string of the molecule is COc1cc(C(=O)CN=[N+]=[N-])ccc1O. The van der Waals surface area contributed by atoms with Crippen molar-refractivity contribution in [2.45, 2.75) is 0 Å². The van der Waals surface area contributed by atoms with Gasteiger partial charge in [-0.05, 0) is 23.7 Å². The van der Waals surface area contributed by atoms with E-state index in [2.05, 4.69) is 10.0 Å². The molecule has 0 saturated heterocycles. The topological polar surface area (TPSA) is 95.3 Å². The van der Waals surface area contributed by atoms with Gasteiger partial charge in [-0.2, -0.15) is 0 Å². The van der Waals surface area contributed by atoms with Crippen LogP contribution in [0.5, 0.6) is 11.5 Å². The molecule has 0 aliphatic heterocycles. The van der Waals surface area contributed by atoms with Gasteiger partial charge in [-0.3, -0.25) is 4.79 Å². The normalized spacial score (nSPS) is 9.13. The first-order valence-electron chi connectivity index (χ1n) is 4.10. The summed E-state index contributed by atoms with van der Waals surface area (Å²) in [6.07, 6.45) is 0. The van der Waals surface area contributed by atoms with Gasteiger partial charge in [-0.15, -0.1) is 0 Å². The van der Waals surface area contributed by atoms with Crippen molar-refractivity contribution in [2.75, 3.05) is 13.7 Å². The van der Waals surface area contributed by atoms with Gasteiger partial charge in [0.15, 0.2) is 17.3 Å². The average molecular weight is 207 g/mol. The maximum absolute atomic E-state index is 11.4. The van der Waals surface area contributed by atoms with E-state index in [9.17, 15) is 9.90 Å². The van der Waals surface area contributed by atoms with Crippen LogP contribution >= 0.6 is 0 Å². The third kappa shape index (κ3) is 2.62. The van der Waals surface area contributed by atoms with Crippen LogP contribution in [0.4, 0.5) is 0 Å². The number of methoxy groups -OCH3 is 1. The molecule has 15 heavy (non-hydrogen) atoms. The minimum absolute atomic E-state index is 0.0437. The van der Waals surface area contributed by atoms with Crippen LogP contribution in [0.3, 0.4) is 0 Å². The highest BCUT2D eigenvalue weighted by Crippen LogP contribution is 2.26. The molecule has 1 N–H and O–H groups in total. The van der Waals surface area contributed by atoms with Crippen LogP contribution in [0.15, 0.2) is 23.3 Å². The zero-order valence-electron chi connectivity index (χ0n) is 8.04. The fourth-order valence-electron chi connectivity index (χ4n) is 1.04. The number of ketones is 1. The maximum atomic E-state index is 11.4.